The first-order chi connectivity index (χ1) is 5.68. The minimum atomic E-state index is 0.603. The summed E-state index contributed by atoms with van der Waals surface area (Å²) in [6.45, 7) is 1.05. The van der Waals surface area contributed by atoms with Gasteiger partial charge in [0.2, 0.25) is 0 Å². The van der Waals surface area contributed by atoms with Gasteiger partial charge < -0.3 is 10.6 Å². The first kappa shape index (κ1) is 9.00. The largest absolute Gasteiger partial charge is 0.384 e. The van der Waals surface area contributed by atoms with Gasteiger partial charge in [0, 0.05) is 12.7 Å². The summed E-state index contributed by atoms with van der Waals surface area (Å²) in [5.74, 6) is 0.603. The molecular formula is C9H15N3. The summed E-state index contributed by atoms with van der Waals surface area (Å²) in [6, 6.07) is 3.92. The van der Waals surface area contributed by atoms with Crippen molar-refractivity contribution in [2.45, 2.75) is 6.42 Å². The average Bonchev–Trinajstić information content (AvgIpc) is 2.01. The number of likely N-dealkylation sites (N-methyl/N-ethyl adjacent to an activating group) is 1. The van der Waals surface area contributed by atoms with E-state index in [4.69, 9.17) is 5.73 Å². The van der Waals surface area contributed by atoms with Crippen LogP contribution in [0.4, 0.5) is 5.82 Å². The summed E-state index contributed by atoms with van der Waals surface area (Å²) in [6.07, 6.45) is 2.78. The Morgan fingerprint density at radius 3 is 2.83 bits per heavy atom. The molecule has 0 radical (unpaired) electrons. The van der Waals surface area contributed by atoms with Gasteiger partial charge in [0.1, 0.15) is 5.82 Å². The molecule has 3 nitrogen and oxygen atoms in total. The molecule has 0 saturated carbocycles. The van der Waals surface area contributed by atoms with Crippen LogP contribution in [-0.2, 0) is 6.42 Å². The van der Waals surface area contributed by atoms with Crippen LogP contribution in [0.1, 0.15) is 5.56 Å². The molecule has 0 aromatic carbocycles. The number of nitrogen functional groups attached to an aromatic ring is 1. The topological polar surface area (TPSA) is 42.2 Å². The minimum Gasteiger partial charge on any atom is -0.384 e. The molecule has 0 spiro atoms. The van der Waals surface area contributed by atoms with Gasteiger partial charge in [-0.2, -0.15) is 0 Å². The van der Waals surface area contributed by atoms with E-state index in [2.05, 4.69) is 24.0 Å². The van der Waals surface area contributed by atoms with E-state index in [0.717, 1.165) is 13.0 Å². The van der Waals surface area contributed by atoms with Crippen molar-refractivity contribution in [2.24, 2.45) is 0 Å². The maximum absolute atomic E-state index is 5.54. The first-order valence-corrected chi connectivity index (χ1v) is 4.03. The lowest BCUT2D eigenvalue weighted by Gasteiger charge is -2.08. The molecule has 1 rings (SSSR count). The molecule has 0 fully saturated rings. The third kappa shape index (κ3) is 2.88. The standard InChI is InChI=1S/C9H15N3/c1-12(2)6-4-8-3-5-11-9(10)7-8/h3,5,7H,4,6H2,1-2H3,(H2,10,11). The van der Waals surface area contributed by atoms with Gasteiger partial charge in [-0.05, 0) is 38.2 Å². The van der Waals surface area contributed by atoms with Crippen LogP contribution in [0.15, 0.2) is 18.3 Å². The smallest absolute Gasteiger partial charge is 0.123 e. The van der Waals surface area contributed by atoms with Crippen molar-refractivity contribution < 1.29 is 0 Å². The van der Waals surface area contributed by atoms with E-state index in [-0.39, 0.29) is 0 Å². The fourth-order valence-electron chi connectivity index (χ4n) is 1.00. The molecule has 0 unspecified atom stereocenters. The Hall–Kier alpha value is -1.09. The van der Waals surface area contributed by atoms with Gasteiger partial charge >= 0.3 is 0 Å². The lowest BCUT2D eigenvalue weighted by atomic mass is 10.2. The minimum absolute atomic E-state index is 0.603. The van der Waals surface area contributed by atoms with Gasteiger partial charge in [-0.3, -0.25) is 0 Å². The molecule has 0 bridgehead atoms. The first-order valence-electron chi connectivity index (χ1n) is 4.03. The molecule has 0 saturated heterocycles. The number of pyridine rings is 1. The molecule has 0 aliphatic carbocycles. The Balaban J connectivity index is 2.52. The van der Waals surface area contributed by atoms with Crippen LogP contribution < -0.4 is 5.73 Å². The fraction of sp³-hybridized carbons (Fsp3) is 0.444. The monoisotopic (exact) mass is 165 g/mol. The van der Waals surface area contributed by atoms with E-state index in [1.807, 2.05) is 12.1 Å². The van der Waals surface area contributed by atoms with Crippen LogP contribution in [0.25, 0.3) is 0 Å². The lowest BCUT2D eigenvalue weighted by Crippen LogP contribution is -2.15. The average molecular weight is 165 g/mol. The van der Waals surface area contributed by atoms with Crippen LogP contribution in [0, 0.1) is 0 Å². The SMILES string of the molecule is CN(C)CCc1ccnc(N)c1. The zero-order valence-corrected chi connectivity index (χ0v) is 7.62. The molecule has 1 aromatic heterocycles. The van der Waals surface area contributed by atoms with Crippen molar-refractivity contribution in [3.63, 3.8) is 0 Å². The number of nitrogens with two attached hydrogens (primary N) is 1. The summed E-state index contributed by atoms with van der Waals surface area (Å²) in [5, 5.41) is 0. The lowest BCUT2D eigenvalue weighted by molar-refractivity contribution is 0.413. The van der Waals surface area contributed by atoms with Crippen molar-refractivity contribution in [3.8, 4) is 0 Å². The molecule has 12 heavy (non-hydrogen) atoms. The number of hydrogen-bond acceptors (Lipinski definition) is 3. The number of aromatic nitrogens is 1. The second kappa shape index (κ2) is 4.07. The third-order valence-corrected chi connectivity index (χ3v) is 1.69. The number of anilines is 1. The molecule has 66 valence electrons. The normalized spacial score (nSPS) is 10.6. The van der Waals surface area contributed by atoms with Crippen molar-refractivity contribution >= 4 is 5.82 Å². The van der Waals surface area contributed by atoms with Crippen molar-refractivity contribution in [3.05, 3.63) is 23.9 Å². The molecule has 0 atom stereocenters. The Kier molecular flexibility index (Phi) is 3.05. The van der Waals surface area contributed by atoms with Crippen LogP contribution in [-0.4, -0.2) is 30.5 Å². The van der Waals surface area contributed by atoms with E-state index in [1.54, 1.807) is 6.20 Å². The van der Waals surface area contributed by atoms with Gasteiger partial charge in [0.15, 0.2) is 0 Å². The summed E-state index contributed by atoms with van der Waals surface area (Å²) < 4.78 is 0. The maximum Gasteiger partial charge on any atom is 0.123 e. The van der Waals surface area contributed by atoms with Crippen molar-refractivity contribution in [2.75, 3.05) is 26.4 Å². The zero-order valence-electron chi connectivity index (χ0n) is 7.62. The van der Waals surface area contributed by atoms with E-state index < -0.39 is 0 Å². The Labute approximate surface area is 73.2 Å². The van der Waals surface area contributed by atoms with Gasteiger partial charge in [0.25, 0.3) is 0 Å². The molecule has 1 heterocycles. The van der Waals surface area contributed by atoms with Gasteiger partial charge in [-0.25, -0.2) is 4.98 Å². The van der Waals surface area contributed by atoms with Gasteiger partial charge in [0.05, 0.1) is 0 Å². The zero-order chi connectivity index (χ0) is 8.97. The van der Waals surface area contributed by atoms with Crippen LogP contribution >= 0.6 is 0 Å². The Morgan fingerprint density at radius 2 is 2.25 bits per heavy atom. The molecular weight excluding hydrogens is 150 g/mol. The number of rotatable bonds is 3. The fourth-order valence-corrected chi connectivity index (χ4v) is 1.00. The van der Waals surface area contributed by atoms with Crippen LogP contribution in [0.3, 0.4) is 0 Å². The highest BCUT2D eigenvalue weighted by atomic mass is 15.0. The highest BCUT2D eigenvalue weighted by molar-refractivity contribution is 5.31. The van der Waals surface area contributed by atoms with Crippen LogP contribution in [0.5, 0.6) is 0 Å². The summed E-state index contributed by atoms with van der Waals surface area (Å²) in [4.78, 5) is 6.08. The summed E-state index contributed by atoms with van der Waals surface area (Å²) >= 11 is 0. The predicted molar refractivity (Wildman–Crippen MR) is 50.9 cm³/mol. The van der Waals surface area contributed by atoms with E-state index >= 15 is 0 Å². The van der Waals surface area contributed by atoms with E-state index in [9.17, 15) is 0 Å². The second-order valence-corrected chi connectivity index (χ2v) is 3.14. The summed E-state index contributed by atoms with van der Waals surface area (Å²) in [5.41, 5.74) is 6.79. The second-order valence-electron chi connectivity index (χ2n) is 3.14. The van der Waals surface area contributed by atoms with Gasteiger partial charge in [-0.1, -0.05) is 0 Å². The molecule has 3 heteroatoms. The number of nitrogens with zero attached hydrogens (tertiary/aromatic N) is 2. The van der Waals surface area contributed by atoms with E-state index in [1.165, 1.54) is 5.56 Å². The molecule has 1 aromatic rings. The number of hydrogen-bond donors (Lipinski definition) is 1. The quantitative estimate of drug-likeness (QED) is 0.719. The van der Waals surface area contributed by atoms with Gasteiger partial charge in [-0.15, -0.1) is 0 Å². The molecule has 0 amide bonds. The van der Waals surface area contributed by atoms with Crippen molar-refractivity contribution in [1.82, 2.24) is 9.88 Å². The maximum atomic E-state index is 5.54. The predicted octanol–water partition coefficient (Wildman–Crippen LogP) is 0.768. The molecule has 2 N–H and O–H groups in total. The highest BCUT2D eigenvalue weighted by Crippen LogP contribution is 2.03. The van der Waals surface area contributed by atoms with E-state index in [0.29, 0.717) is 5.82 Å². The van der Waals surface area contributed by atoms with Crippen LogP contribution in [0.2, 0.25) is 0 Å². The Morgan fingerprint density at radius 1 is 1.50 bits per heavy atom. The third-order valence-electron chi connectivity index (χ3n) is 1.69. The molecule has 0 aliphatic heterocycles. The highest BCUT2D eigenvalue weighted by Gasteiger charge is 1.95. The van der Waals surface area contributed by atoms with Crippen molar-refractivity contribution in [1.29, 1.82) is 0 Å². The molecule has 0 aliphatic rings. The summed E-state index contributed by atoms with van der Waals surface area (Å²) in [7, 11) is 4.12. The Bertz CT molecular complexity index is 245.